The number of benzene rings is 4. The molecule has 6 N–H and O–H groups in total. The molecule has 4 aromatic rings. The fourth-order valence-electron chi connectivity index (χ4n) is 3.12. The van der Waals surface area contributed by atoms with Crippen LogP contribution < -0.4 is 26.4 Å². The van der Waals surface area contributed by atoms with Gasteiger partial charge in [-0.2, -0.15) is 10.5 Å². The van der Waals surface area contributed by atoms with E-state index in [0.29, 0.717) is 32.2 Å². The van der Waals surface area contributed by atoms with Gasteiger partial charge >= 0.3 is 19.8 Å². The van der Waals surface area contributed by atoms with Crippen molar-refractivity contribution in [3.05, 3.63) is 101 Å². The van der Waals surface area contributed by atoms with Crippen molar-refractivity contribution in [2.24, 2.45) is 0 Å². The Morgan fingerprint density at radius 2 is 1.05 bits per heavy atom. The first kappa shape index (κ1) is 35.3. The Hall–Kier alpha value is -4.90. The second kappa shape index (κ2) is 15.5. The van der Waals surface area contributed by atoms with E-state index in [1.54, 1.807) is 30.3 Å². The summed E-state index contributed by atoms with van der Waals surface area (Å²) in [6.07, 6.45) is -9.51. The van der Waals surface area contributed by atoms with Crippen LogP contribution in [0.3, 0.4) is 0 Å². The van der Waals surface area contributed by atoms with Gasteiger partial charge in [-0.15, -0.1) is 26.3 Å². The summed E-state index contributed by atoms with van der Waals surface area (Å²) in [6.45, 7) is 0. The number of alkyl halides is 6. The summed E-state index contributed by atoms with van der Waals surface area (Å²) >= 11 is 3.00. The van der Waals surface area contributed by atoms with E-state index in [-0.39, 0.29) is 11.4 Å². The summed E-state index contributed by atoms with van der Waals surface area (Å²) in [5.41, 5.74) is 13.1. The molecule has 0 saturated carbocycles. The maximum Gasteiger partial charge on any atom is 0.573 e. The molecule has 0 heterocycles. The highest BCUT2D eigenvalue weighted by molar-refractivity contribution is 9.10. The Bertz CT molecular complexity index is 1620. The molecule has 0 atom stereocenters. The zero-order valence-corrected chi connectivity index (χ0v) is 23.7. The molecule has 228 valence electrons. The number of anilines is 2. The van der Waals surface area contributed by atoms with Gasteiger partial charge in [0.1, 0.15) is 0 Å². The summed E-state index contributed by atoms with van der Waals surface area (Å²) in [5, 5.41) is 34.4. The highest BCUT2D eigenvalue weighted by atomic mass is 79.9. The number of nitrogen functional groups attached to an aromatic ring is 2. The Balaban J connectivity index is 0.000000244. The predicted molar refractivity (Wildman–Crippen MR) is 154 cm³/mol. The molecule has 0 fully saturated rings. The van der Waals surface area contributed by atoms with Crippen molar-refractivity contribution in [3.63, 3.8) is 0 Å². The van der Waals surface area contributed by atoms with Crippen molar-refractivity contribution >= 4 is 39.9 Å². The first-order valence-electron chi connectivity index (χ1n) is 11.8. The normalized spacial score (nSPS) is 10.5. The summed E-state index contributed by atoms with van der Waals surface area (Å²) in [4.78, 5) is 0. The first-order chi connectivity index (χ1) is 20.5. The predicted octanol–water partition coefficient (Wildman–Crippen LogP) is 5.87. The minimum Gasteiger partial charge on any atom is -0.423 e. The molecule has 16 heteroatoms. The lowest BCUT2D eigenvalue weighted by atomic mass is 9.80. The molecule has 0 aromatic heterocycles. The van der Waals surface area contributed by atoms with Crippen molar-refractivity contribution < 1.29 is 45.9 Å². The van der Waals surface area contributed by atoms with Gasteiger partial charge in [-0.05, 0) is 71.2 Å². The third-order valence-corrected chi connectivity index (χ3v) is 5.62. The van der Waals surface area contributed by atoms with Crippen LogP contribution in [0.15, 0.2) is 89.4 Å². The van der Waals surface area contributed by atoms with Gasteiger partial charge in [-0.25, -0.2) is 0 Å². The third-order valence-electron chi connectivity index (χ3n) is 5.13. The van der Waals surface area contributed by atoms with Gasteiger partial charge in [0.2, 0.25) is 0 Å². The molecule has 44 heavy (non-hydrogen) atoms. The average molecular weight is 681 g/mol. The number of hydrogen-bond donors (Lipinski definition) is 4. The van der Waals surface area contributed by atoms with Crippen LogP contribution in [0, 0.1) is 22.7 Å². The molecule has 0 amide bonds. The van der Waals surface area contributed by atoms with Crippen molar-refractivity contribution in [2.75, 3.05) is 11.5 Å². The van der Waals surface area contributed by atoms with E-state index in [9.17, 15) is 26.3 Å². The van der Waals surface area contributed by atoms with E-state index in [2.05, 4.69) is 25.4 Å². The minimum absolute atomic E-state index is 0.0551. The van der Waals surface area contributed by atoms with E-state index in [0.717, 1.165) is 6.07 Å². The number of ether oxygens (including phenoxy) is 2. The molecule has 0 radical (unpaired) electrons. The molecule has 4 rings (SSSR count). The fourth-order valence-corrected chi connectivity index (χ4v) is 3.46. The maximum atomic E-state index is 12.2. The monoisotopic (exact) mass is 680 g/mol. The lowest BCUT2D eigenvalue weighted by Gasteiger charge is -2.12. The molecule has 0 saturated heterocycles. The lowest BCUT2D eigenvalue weighted by molar-refractivity contribution is -0.275. The van der Waals surface area contributed by atoms with Crippen LogP contribution in [0.2, 0.25) is 0 Å². The van der Waals surface area contributed by atoms with Crippen molar-refractivity contribution in [1.29, 1.82) is 10.5 Å². The van der Waals surface area contributed by atoms with E-state index < -0.39 is 31.3 Å². The van der Waals surface area contributed by atoms with Crippen LogP contribution in [0.5, 0.6) is 11.5 Å². The molecule has 0 bridgehead atoms. The molecular weight excluding hydrogens is 661 g/mol. The Morgan fingerprint density at radius 1 is 0.636 bits per heavy atom. The van der Waals surface area contributed by atoms with Gasteiger partial charge < -0.3 is 31.0 Å². The number of nitrogens with zero attached hydrogens (tertiary/aromatic N) is 2. The highest BCUT2D eigenvalue weighted by Gasteiger charge is 2.32. The van der Waals surface area contributed by atoms with Crippen molar-refractivity contribution in [2.45, 2.75) is 12.7 Å². The summed E-state index contributed by atoms with van der Waals surface area (Å²) in [7, 11) is -1.46. The van der Waals surface area contributed by atoms with E-state index in [1.807, 2.05) is 12.1 Å². The number of halogens is 7. The van der Waals surface area contributed by atoms with Crippen molar-refractivity contribution in [1.82, 2.24) is 0 Å². The van der Waals surface area contributed by atoms with E-state index in [1.165, 1.54) is 48.5 Å². The summed E-state index contributed by atoms with van der Waals surface area (Å²) < 4.78 is 80.0. The van der Waals surface area contributed by atoms with Gasteiger partial charge in [-0.3, -0.25) is 0 Å². The summed E-state index contributed by atoms with van der Waals surface area (Å²) in [5.74, 6) is -0.846. The zero-order valence-electron chi connectivity index (χ0n) is 22.1. The van der Waals surface area contributed by atoms with Crippen LogP contribution in [0.25, 0.3) is 11.1 Å². The molecule has 0 aliphatic rings. The van der Waals surface area contributed by atoms with Gasteiger partial charge in [0.05, 0.1) is 34.6 Å². The molecule has 0 aliphatic heterocycles. The van der Waals surface area contributed by atoms with E-state index >= 15 is 0 Å². The molecule has 4 aromatic carbocycles. The molecule has 0 spiro atoms. The largest absolute Gasteiger partial charge is 0.573 e. The Kier molecular flexibility index (Phi) is 12.5. The minimum atomic E-state index is -4.79. The lowest BCUT2D eigenvalue weighted by Crippen LogP contribution is -2.29. The quantitative estimate of drug-likeness (QED) is 0.118. The smallest absolute Gasteiger partial charge is 0.423 e. The van der Waals surface area contributed by atoms with Gasteiger partial charge in [0.25, 0.3) is 0 Å². The SMILES string of the molecule is N#Cc1ccc(-c2ccc(N)c(OC(F)(F)F)c2)cc1.N#Cc1ccc(B(O)O)cc1.Nc1ccc(Br)cc1OC(F)(F)F. The van der Waals surface area contributed by atoms with Crippen LogP contribution in [-0.2, 0) is 0 Å². The van der Waals surface area contributed by atoms with Gasteiger partial charge in [0.15, 0.2) is 11.5 Å². The number of nitriles is 2. The third kappa shape index (κ3) is 12.1. The van der Waals surface area contributed by atoms with Gasteiger partial charge in [-0.1, -0.05) is 46.3 Å². The fraction of sp³-hybridized carbons (Fsp3) is 0.0714. The van der Waals surface area contributed by atoms with Gasteiger partial charge in [0, 0.05) is 4.47 Å². The molecule has 8 nitrogen and oxygen atoms in total. The summed E-state index contributed by atoms with van der Waals surface area (Å²) in [6, 6.07) is 24.6. The number of hydrogen-bond acceptors (Lipinski definition) is 8. The molecular formula is C28H20BBrF6N4O4. The van der Waals surface area contributed by atoms with Crippen LogP contribution in [-0.4, -0.2) is 29.9 Å². The second-order valence-corrected chi connectivity index (χ2v) is 9.24. The number of rotatable bonds is 4. The van der Waals surface area contributed by atoms with E-state index in [4.69, 9.17) is 32.0 Å². The Labute approximate surface area is 255 Å². The van der Waals surface area contributed by atoms with Crippen LogP contribution in [0.1, 0.15) is 11.1 Å². The number of nitrogens with two attached hydrogens (primary N) is 2. The molecule has 0 unspecified atom stereocenters. The Morgan fingerprint density at radius 3 is 1.48 bits per heavy atom. The highest BCUT2D eigenvalue weighted by Crippen LogP contribution is 2.33. The maximum absolute atomic E-state index is 12.2. The van der Waals surface area contributed by atoms with Crippen molar-refractivity contribution in [3.8, 4) is 34.8 Å². The molecule has 0 aliphatic carbocycles. The topological polar surface area (TPSA) is 159 Å². The second-order valence-electron chi connectivity index (χ2n) is 8.33. The first-order valence-corrected chi connectivity index (χ1v) is 12.6. The standard InChI is InChI=1S/C14H9F3N2O.C7H6BNO2.C7H5BrF3NO/c15-14(16,17)20-13-7-11(5-6-12(13)19)10-3-1-9(8-18)2-4-10;9-5-6-1-3-7(4-2-6)8(10)11;8-4-1-2-5(12)6(3-4)13-7(9,10)11/h1-7H,19H2;1-4,10-11H;1-3H,12H2. The average Bonchev–Trinajstić information content (AvgIpc) is 2.95. The zero-order chi connectivity index (χ0) is 33.1. The van der Waals surface area contributed by atoms with Crippen LogP contribution in [0.4, 0.5) is 37.7 Å². The van der Waals surface area contributed by atoms with Crippen LogP contribution >= 0.6 is 15.9 Å².